The van der Waals surface area contributed by atoms with Gasteiger partial charge in [0.1, 0.15) is 5.82 Å². The zero-order valence-electron chi connectivity index (χ0n) is 33.3. The number of allylic oxidation sites excluding steroid dienone is 12. The van der Waals surface area contributed by atoms with Crippen LogP contribution in [0.1, 0.15) is 55.4 Å². The zero-order valence-corrected chi connectivity index (χ0v) is 33.3. The third-order valence-electron chi connectivity index (χ3n) is 13.4. The Morgan fingerprint density at radius 2 is 1.38 bits per heavy atom. The minimum Gasteiger partial charge on any atom is -0.292 e. The van der Waals surface area contributed by atoms with Crippen molar-refractivity contribution in [1.82, 2.24) is 9.55 Å². The Balaban J connectivity index is 1.10. The molecular weight excluding hydrogens is 701 g/mol. The van der Waals surface area contributed by atoms with Crippen LogP contribution in [-0.2, 0) is 0 Å². The van der Waals surface area contributed by atoms with Gasteiger partial charge in [0.25, 0.3) is 0 Å². The van der Waals surface area contributed by atoms with E-state index in [-0.39, 0.29) is 17.3 Å². The minimum absolute atomic E-state index is 0.140. The average molecular weight is 747 g/mol. The molecule has 7 aromatic rings. The summed E-state index contributed by atoms with van der Waals surface area (Å²) in [4.78, 5) is 5.16. The fraction of sp³-hybridized carbons (Fsp3) is 0.161. The summed E-state index contributed by atoms with van der Waals surface area (Å²) >= 11 is 0. The summed E-state index contributed by atoms with van der Waals surface area (Å²) in [7, 11) is 0. The summed E-state index contributed by atoms with van der Waals surface area (Å²) in [6.45, 7) is 7.27. The van der Waals surface area contributed by atoms with E-state index in [0.29, 0.717) is 11.8 Å². The minimum atomic E-state index is -0.287. The van der Waals surface area contributed by atoms with Gasteiger partial charge in [-0.2, -0.15) is 0 Å². The number of imidazole rings is 1. The highest BCUT2D eigenvalue weighted by atomic mass is 15.1. The van der Waals surface area contributed by atoms with Crippen LogP contribution in [0.25, 0.3) is 50.0 Å². The number of hydrogen-bond acceptors (Lipinski definition) is 1. The van der Waals surface area contributed by atoms with Crippen molar-refractivity contribution < 1.29 is 0 Å². The number of para-hydroxylation sites is 3. The Morgan fingerprint density at radius 1 is 0.655 bits per heavy atom. The fourth-order valence-corrected chi connectivity index (χ4v) is 10.6. The van der Waals surface area contributed by atoms with Crippen molar-refractivity contribution in [2.24, 2.45) is 23.2 Å². The van der Waals surface area contributed by atoms with Crippen LogP contribution in [0, 0.1) is 23.2 Å². The van der Waals surface area contributed by atoms with E-state index in [0.717, 1.165) is 34.5 Å². The third-order valence-corrected chi connectivity index (χ3v) is 13.4. The number of benzene rings is 6. The molecule has 4 aliphatic rings. The van der Waals surface area contributed by atoms with Crippen molar-refractivity contribution in [3.63, 3.8) is 0 Å². The molecule has 4 aliphatic carbocycles. The van der Waals surface area contributed by atoms with Crippen LogP contribution in [0.15, 0.2) is 205 Å². The Hall–Kier alpha value is -6.51. The lowest BCUT2D eigenvalue weighted by atomic mass is 9.55. The molecule has 0 radical (unpaired) electrons. The van der Waals surface area contributed by atoms with Crippen LogP contribution in [0.4, 0.5) is 0 Å². The Morgan fingerprint density at radius 3 is 2.26 bits per heavy atom. The molecule has 0 bridgehead atoms. The molecule has 58 heavy (non-hydrogen) atoms. The summed E-state index contributed by atoms with van der Waals surface area (Å²) in [5.41, 5.74) is 16.6. The Bertz CT molecular complexity index is 2960. The highest BCUT2D eigenvalue weighted by molar-refractivity contribution is 5.93. The lowest BCUT2D eigenvalue weighted by molar-refractivity contribution is 0.441. The molecule has 5 unspecified atom stereocenters. The first kappa shape index (κ1) is 34.7. The van der Waals surface area contributed by atoms with E-state index in [1.54, 1.807) is 0 Å². The maximum absolute atomic E-state index is 5.16. The molecule has 0 aliphatic heterocycles. The van der Waals surface area contributed by atoms with E-state index >= 15 is 0 Å². The maximum atomic E-state index is 5.16. The number of nitrogens with zero attached hydrogens (tertiary/aromatic N) is 2. The second-order valence-electron chi connectivity index (χ2n) is 17.0. The molecule has 5 atom stereocenters. The molecule has 1 heterocycles. The van der Waals surface area contributed by atoms with Crippen LogP contribution in [0.5, 0.6) is 0 Å². The van der Waals surface area contributed by atoms with E-state index in [9.17, 15) is 0 Å². The van der Waals surface area contributed by atoms with Crippen molar-refractivity contribution in [2.75, 3.05) is 0 Å². The van der Waals surface area contributed by atoms with Crippen LogP contribution < -0.4 is 0 Å². The molecule has 2 nitrogen and oxygen atoms in total. The molecule has 6 aromatic carbocycles. The largest absolute Gasteiger partial charge is 0.292 e. The molecule has 0 amide bonds. The van der Waals surface area contributed by atoms with Crippen LogP contribution in [-0.4, -0.2) is 9.55 Å². The molecular formula is C56H46N2. The van der Waals surface area contributed by atoms with Crippen molar-refractivity contribution in [1.29, 1.82) is 0 Å². The van der Waals surface area contributed by atoms with Gasteiger partial charge in [0.15, 0.2) is 0 Å². The van der Waals surface area contributed by atoms with E-state index in [4.69, 9.17) is 4.98 Å². The summed E-state index contributed by atoms with van der Waals surface area (Å²) in [6, 6.07) is 53.2. The summed E-state index contributed by atoms with van der Waals surface area (Å²) < 4.78 is 2.28. The Kier molecular flexibility index (Phi) is 8.12. The van der Waals surface area contributed by atoms with Crippen LogP contribution in [0.3, 0.4) is 0 Å². The van der Waals surface area contributed by atoms with Gasteiger partial charge in [0.2, 0.25) is 0 Å². The van der Waals surface area contributed by atoms with Gasteiger partial charge in [-0.1, -0.05) is 179 Å². The standard InChI is InChI=1S/C56H46N2/c1-36-24-31-45-42(34-36)26-25-37(2)52(45)53-46-19-9-10-20-48(46)54(47-21-13-15-39-14-7-8-18-44(39)47)56(3)33-32-41(35-49(53)56)38-27-29-40(30-28-38)55-57-50-22-11-12-23-51(50)58(55)43-16-5-4-6-17-43/h4-33,35-37,52,54H,34H2,1-3H3. The average Bonchev–Trinajstić information content (AvgIpc) is 3.66. The lowest BCUT2D eigenvalue weighted by Crippen LogP contribution is -2.35. The van der Waals surface area contributed by atoms with Crippen LogP contribution in [0.2, 0.25) is 0 Å². The SMILES string of the molecule is CC1C=CC2=C(C=CC(C)C2C2=C3C=C(c4ccc(-c5nc6ccccc6n5-c5ccccc5)cc4)C=CC3(C)C(c3cccc4ccccc34)c3ccccc32)C1. The molecule has 0 spiro atoms. The quantitative estimate of drug-likeness (QED) is 0.171. The van der Waals surface area contributed by atoms with Crippen LogP contribution >= 0.6 is 0 Å². The van der Waals surface area contributed by atoms with Gasteiger partial charge in [0.05, 0.1) is 11.0 Å². The molecule has 0 saturated heterocycles. The predicted molar refractivity (Wildman–Crippen MR) is 243 cm³/mol. The maximum Gasteiger partial charge on any atom is 0.145 e. The monoisotopic (exact) mass is 746 g/mol. The van der Waals surface area contributed by atoms with Gasteiger partial charge in [0, 0.05) is 28.5 Å². The number of fused-ring (bicyclic) bond motifs is 4. The first-order valence-corrected chi connectivity index (χ1v) is 20.9. The molecule has 280 valence electrons. The molecule has 1 aromatic heterocycles. The molecule has 2 heteroatoms. The molecule has 0 saturated carbocycles. The summed E-state index contributed by atoms with van der Waals surface area (Å²) in [6.07, 6.45) is 18.4. The first-order valence-electron chi connectivity index (χ1n) is 20.9. The van der Waals surface area contributed by atoms with Gasteiger partial charge in [-0.05, 0) is 109 Å². The summed E-state index contributed by atoms with van der Waals surface area (Å²) in [5, 5.41) is 2.62. The second-order valence-corrected chi connectivity index (χ2v) is 17.0. The lowest BCUT2D eigenvalue weighted by Gasteiger charge is -2.48. The van der Waals surface area contributed by atoms with Crippen molar-refractivity contribution in [3.8, 4) is 17.1 Å². The first-order chi connectivity index (χ1) is 28.5. The highest BCUT2D eigenvalue weighted by Gasteiger charge is 2.47. The molecule has 0 fully saturated rings. The predicted octanol–water partition coefficient (Wildman–Crippen LogP) is 14.1. The smallest absolute Gasteiger partial charge is 0.145 e. The van der Waals surface area contributed by atoms with Gasteiger partial charge >= 0.3 is 0 Å². The molecule has 11 rings (SSSR count). The number of hydrogen-bond donors (Lipinski definition) is 0. The zero-order chi connectivity index (χ0) is 39.0. The second kappa shape index (κ2) is 13.6. The van der Waals surface area contributed by atoms with Crippen molar-refractivity contribution in [2.45, 2.75) is 33.1 Å². The van der Waals surface area contributed by atoms with Gasteiger partial charge < -0.3 is 0 Å². The van der Waals surface area contributed by atoms with E-state index in [1.807, 2.05) is 0 Å². The highest BCUT2D eigenvalue weighted by Crippen LogP contribution is 2.61. The third kappa shape index (κ3) is 5.42. The van der Waals surface area contributed by atoms with Crippen molar-refractivity contribution >= 4 is 33.0 Å². The fourth-order valence-electron chi connectivity index (χ4n) is 10.6. The van der Waals surface area contributed by atoms with Crippen molar-refractivity contribution in [3.05, 3.63) is 227 Å². The van der Waals surface area contributed by atoms with E-state index < -0.39 is 0 Å². The van der Waals surface area contributed by atoms with Gasteiger partial charge in [-0.15, -0.1) is 0 Å². The topological polar surface area (TPSA) is 17.8 Å². The van der Waals surface area contributed by atoms with E-state index in [1.165, 1.54) is 60.9 Å². The van der Waals surface area contributed by atoms with Gasteiger partial charge in [-0.3, -0.25) is 4.57 Å². The van der Waals surface area contributed by atoms with E-state index in [2.05, 4.69) is 213 Å². The summed E-state index contributed by atoms with van der Waals surface area (Å²) in [5.74, 6) is 2.25. The number of rotatable bonds is 5. The van der Waals surface area contributed by atoms with Gasteiger partial charge in [-0.25, -0.2) is 4.98 Å². The number of aromatic nitrogens is 2. The Labute approximate surface area is 341 Å². The normalized spacial score (nSPS) is 23.5. The molecule has 0 N–H and O–H groups in total.